The Morgan fingerprint density at radius 1 is 1.22 bits per heavy atom. The molecule has 1 heterocycles. The number of hydrogen-bond donors (Lipinski definition) is 2. The molecular weight excluding hydrogens is 306 g/mol. The van der Waals surface area contributed by atoms with Crippen LogP contribution in [-0.4, -0.2) is 27.9 Å². The van der Waals surface area contributed by atoms with Gasteiger partial charge in [-0.3, -0.25) is 9.89 Å². The highest BCUT2D eigenvalue weighted by Crippen LogP contribution is 2.22. The molecule has 2 atom stereocenters. The third-order valence-corrected chi connectivity index (χ3v) is 5.19. The highest BCUT2D eigenvalue weighted by atomic mass is 32.2. The zero-order chi connectivity index (χ0) is 17.0. The Hall–Kier alpha value is -1.75. The number of benzene rings is 1. The second kappa shape index (κ2) is 7.68. The van der Waals surface area contributed by atoms with Crippen molar-refractivity contribution < 1.29 is 4.79 Å². The van der Waals surface area contributed by atoms with Gasteiger partial charge in [0.1, 0.15) is 0 Å². The molecule has 0 aliphatic heterocycles. The molecule has 0 radical (unpaired) electrons. The highest BCUT2D eigenvalue weighted by molar-refractivity contribution is 7.99. The Balaban J connectivity index is 1.88. The van der Waals surface area contributed by atoms with Crippen LogP contribution in [0.3, 0.4) is 0 Å². The number of hydrogen-bond acceptors (Lipinski definition) is 3. The molecular formula is C18H25N3OS. The van der Waals surface area contributed by atoms with Crippen molar-refractivity contribution in [2.45, 2.75) is 51.5 Å². The molecule has 2 N–H and O–H groups in total. The lowest BCUT2D eigenvalue weighted by molar-refractivity contribution is -0.122. The highest BCUT2D eigenvalue weighted by Gasteiger charge is 2.22. The van der Waals surface area contributed by atoms with Crippen LogP contribution in [0.2, 0.25) is 0 Å². The fraction of sp³-hybridized carbons (Fsp3) is 0.444. The average molecular weight is 331 g/mol. The average Bonchev–Trinajstić information content (AvgIpc) is 2.85. The molecule has 0 aliphatic rings. The molecule has 0 unspecified atom stereocenters. The predicted molar refractivity (Wildman–Crippen MR) is 96.0 cm³/mol. The smallest absolute Gasteiger partial charge is 0.227 e. The number of rotatable bonds is 6. The van der Waals surface area contributed by atoms with Crippen molar-refractivity contribution in [3.8, 4) is 0 Å². The zero-order valence-corrected chi connectivity index (χ0v) is 15.3. The van der Waals surface area contributed by atoms with Gasteiger partial charge < -0.3 is 5.32 Å². The summed E-state index contributed by atoms with van der Waals surface area (Å²) < 4.78 is 0. The second-order valence-electron chi connectivity index (χ2n) is 6.10. The van der Waals surface area contributed by atoms with Crippen molar-refractivity contribution in [3.63, 3.8) is 0 Å². The van der Waals surface area contributed by atoms with Gasteiger partial charge in [-0.2, -0.15) is 5.10 Å². The first-order valence-corrected chi connectivity index (χ1v) is 8.88. The maximum absolute atomic E-state index is 12.5. The van der Waals surface area contributed by atoms with Crippen molar-refractivity contribution in [1.82, 2.24) is 15.5 Å². The van der Waals surface area contributed by atoms with E-state index >= 15 is 0 Å². The summed E-state index contributed by atoms with van der Waals surface area (Å²) in [5.74, 6) is 0.709. The van der Waals surface area contributed by atoms with E-state index in [1.54, 1.807) is 11.8 Å². The van der Waals surface area contributed by atoms with E-state index in [4.69, 9.17) is 0 Å². The van der Waals surface area contributed by atoms with Gasteiger partial charge in [0, 0.05) is 27.9 Å². The summed E-state index contributed by atoms with van der Waals surface area (Å²) in [7, 11) is 0. The molecule has 124 valence electrons. The van der Waals surface area contributed by atoms with Gasteiger partial charge in [-0.15, -0.1) is 11.8 Å². The van der Waals surface area contributed by atoms with Crippen LogP contribution in [0, 0.1) is 20.8 Å². The van der Waals surface area contributed by atoms with E-state index in [0.717, 1.165) is 22.7 Å². The summed E-state index contributed by atoms with van der Waals surface area (Å²) in [6.45, 7) is 9.94. The van der Waals surface area contributed by atoms with Crippen molar-refractivity contribution in [1.29, 1.82) is 0 Å². The van der Waals surface area contributed by atoms with Gasteiger partial charge in [0.15, 0.2) is 0 Å². The maximum atomic E-state index is 12.5. The van der Waals surface area contributed by atoms with E-state index in [9.17, 15) is 4.79 Å². The molecule has 1 aromatic heterocycles. The number of carbonyl (C=O) groups excluding carboxylic acids is 1. The minimum atomic E-state index is -0.194. The van der Waals surface area contributed by atoms with Gasteiger partial charge in [0.05, 0.1) is 11.6 Å². The Kier molecular flexibility index (Phi) is 5.88. The monoisotopic (exact) mass is 331 g/mol. The lowest BCUT2D eigenvalue weighted by atomic mass is 9.98. The van der Waals surface area contributed by atoms with Crippen LogP contribution in [0.15, 0.2) is 29.2 Å². The number of amides is 1. The maximum Gasteiger partial charge on any atom is 0.227 e. The van der Waals surface area contributed by atoms with Gasteiger partial charge in [-0.25, -0.2) is 0 Å². The minimum Gasteiger partial charge on any atom is -0.352 e. The summed E-state index contributed by atoms with van der Waals surface area (Å²) >= 11 is 1.76. The van der Waals surface area contributed by atoms with E-state index in [1.807, 2.05) is 27.7 Å². The van der Waals surface area contributed by atoms with E-state index < -0.39 is 0 Å². The van der Waals surface area contributed by atoms with Gasteiger partial charge in [0.25, 0.3) is 0 Å². The largest absolute Gasteiger partial charge is 0.352 e. The first kappa shape index (κ1) is 17.6. The molecule has 0 spiro atoms. The Morgan fingerprint density at radius 3 is 2.43 bits per heavy atom. The fourth-order valence-corrected chi connectivity index (χ4v) is 3.45. The molecule has 4 nitrogen and oxygen atoms in total. The number of nitrogens with zero attached hydrogens (tertiary/aromatic N) is 1. The molecule has 0 aliphatic carbocycles. The van der Waals surface area contributed by atoms with Crippen molar-refractivity contribution in [2.24, 2.45) is 0 Å². The van der Waals surface area contributed by atoms with Crippen molar-refractivity contribution >= 4 is 17.7 Å². The summed E-state index contributed by atoms with van der Waals surface area (Å²) in [5, 5.41) is 10.2. The molecule has 5 heteroatoms. The van der Waals surface area contributed by atoms with Crippen LogP contribution in [-0.2, 0) is 4.79 Å². The normalized spacial score (nSPS) is 13.6. The van der Waals surface area contributed by atoms with Crippen molar-refractivity contribution in [3.05, 3.63) is 46.8 Å². The van der Waals surface area contributed by atoms with Gasteiger partial charge >= 0.3 is 0 Å². The van der Waals surface area contributed by atoms with E-state index in [-0.39, 0.29) is 17.9 Å². The third kappa shape index (κ3) is 4.61. The standard InChI is InChI=1S/C18H25N3OS/c1-11-6-8-16(9-7-11)23-10-12(2)19-18(22)13(3)17-14(4)20-21-15(17)5/h6-9,12-13H,10H2,1-5H3,(H,19,22)(H,20,21)/t12-,13+/m1/s1. The van der Waals surface area contributed by atoms with Crippen molar-refractivity contribution in [2.75, 3.05) is 5.75 Å². The van der Waals surface area contributed by atoms with Gasteiger partial charge in [-0.05, 0) is 46.8 Å². The lowest BCUT2D eigenvalue weighted by Gasteiger charge is -2.18. The van der Waals surface area contributed by atoms with Crippen LogP contribution in [0.25, 0.3) is 0 Å². The van der Waals surface area contributed by atoms with Crippen LogP contribution < -0.4 is 5.32 Å². The zero-order valence-electron chi connectivity index (χ0n) is 14.4. The predicted octanol–water partition coefficient (Wildman–Crippen LogP) is 3.74. The summed E-state index contributed by atoms with van der Waals surface area (Å²) in [4.78, 5) is 13.7. The van der Waals surface area contributed by atoms with Crippen LogP contribution in [0.4, 0.5) is 0 Å². The first-order valence-electron chi connectivity index (χ1n) is 7.89. The summed E-state index contributed by atoms with van der Waals surface area (Å²) in [6.07, 6.45) is 0. The molecule has 0 fully saturated rings. The van der Waals surface area contributed by atoms with Crippen LogP contribution in [0.5, 0.6) is 0 Å². The number of aryl methyl sites for hydroxylation is 3. The summed E-state index contributed by atoms with van der Waals surface area (Å²) in [6, 6.07) is 8.57. The quantitative estimate of drug-likeness (QED) is 0.793. The summed E-state index contributed by atoms with van der Waals surface area (Å²) in [5.41, 5.74) is 4.12. The van der Waals surface area contributed by atoms with Crippen LogP contribution >= 0.6 is 11.8 Å². The Labute approximate surface area is 142 Å². The van der Waals surface area contributed by atoms with E-state index in [2.05, 4.69) is 46.7 Å². The fourth-order valence-electron chi connectivity index (χ4n) is 2.59. The molecule has 1 amide bonds. The topological polar surface area (TPSA) is 57.8 Å². The lowest BCUT2D eigenvalue weighted by Crippen LogP contribution is -2.37. The number of nitrogens with one attached hydrogen (secondary N) is 2. The SMILES string of the molecule is Cc1ccc(SC[C@@H](C)NC(=O)[C@@H](C)c2c(C)n[nH]c2C)cc1. The molecule has 2 rings (SSSR count). The minimum absolute atomic E-state index is 0.0506. The third-order valence-electron chi connectivity index (χ3n) is 3.92. The van der Waals surface area contributed by atoms with Gasteiger partial charge in [-0.1, -0.05) is 17.7 Å². The van der Waals surface area contributed by atoms with Gasteiger partial charge in [0.2, 0.25) is 5.91 Å². The van der Waals surface area contributed by atoms with Crippen LogP contribution in [0.1, 0.15) is 42.3 Å². The molecule has 0 saturated heterocycles. The number of thioether (sulfide) groups is 1. The van der Waals surface area contributed by atoms with E-state index in [0.29, 0.717) is 0 Å². The molecule has 0 bridgehead atoms. The Bertz CT molecular complexity index is 644. The number of aromatic amines is 1. The molecule has 23 heavy (non-hydrogen) atoms. The number of aromatic nitrogens is 2. The molecule has 1 aromatic carbocycles. The first-order chi connectivity index (χ1) is 10.9. The number of carbonyl (C=O) groups is 1. The second-order valence-corrected chi connectivity index (χ2v) is 7.20. The van der Waals surface area contributed by atoms with E-state index in [1.165, 1.54) is 10.5 Å². The molecule has 0 saturated carbocycles. The number of H-pyrrole nitrogens is 1. The molecule has 2 aromatic rings. The Morgan fingerprint density at radius 2 is 1.87 bits per heavy atom.